The van der Waals surface area contributed by atoms with E-state index in [-0.39, 0.29) is 17.9 Å². The molecule has 5 heteroatoms. The second kappa shape index (κ2) is 7.34. The van der Waals surface area contributed by atoms with Gasteiger partial charge in [0, 0.05) is 12.5 Å². The van der Waals surface area contributed by atoms with Gasteiger partial charge >= 0.3 is 5.97 Å². The fraction of sp³-hybridized carbons (Fsp3) is 0.368. The first-order valence-corrected chi connectivity index (χ1v) is 8.26. The Bertz CT molecular complexity index is 677. The quantitative estimate of drug-likeness (QED) is 0.733. The predicted molar refractivity (Wildman–Crippen MR) is 88.5 cm³/mol. The maximum absolute atomic E-state index is 12.9. The van der Waals surface area contributed by atoms with Gasteiger partial charge in [-0.2, -0.15) is 0 Å². The molecule has 0 N–H and O–H groups in total. The molecular formula is C19H21NO4. The Balaban J connectivity index is 1.88. The van der Waals surface area contributed by atoms with E-state index in [1.807, 2.05) is 30.3 Å². The van der Waals surface area contributed by atoms with Crippen LogP contribution < -0.4 is 0 Å². The van der Waals surface area contributed by atoms with Crippen molar-refractivity contribution in [2.45, 2.75) is 38.3 Å². The summed E-state index contributed by atoms with van der Waals surface area (Å²) in [7, 11) is 0. The van der Waals surface area contributed by atoms with Crippen molar-refractivity contribution in [3.05, 3.63) is 60.1 Å². The van der Waals surface area contributed by atoms with Crippen LogP contribution in [0.15, 0.2) is 53.3 Å². The standard InChI is InChI=1S/C19H21NO4/c1-2-24-19(22)17(12-14-6-4-3-5-7-14)20(16-8-9-16)18(21)15-10-11-23-13-15/h3-7,10-11,13,16-17H,2,8-9,12H2,1H3/t17-/m0/s1. The molecule has 1 amide bonds. The van der Waals surface area contributed by atoms with Gasteiger partial charge in [-0.3, -0.25) is 4.79 Å². The molecule has 1 heterocycles. The van der Waals surface area contributed by atoms with Gasteiger partial charge in [-0.05, 0) is 31.4 Å². The summed E-state index contributed by atoms with van der Waals surface area (Å²) in [5.74, 6) is -0.537. The van der Waals surface area contributed by atoms with Gasteiger partial charge in [-0.25, -0.2) is 4.79 Å². The van der Waals surface area contributed by atoms with Crippen molar-refractivity contribution in [3.8, 4) is 0 Å². The number of hydrogen-bond donors (Lipinski definition) is 0. The van der Waals surface area contributed by atoms with Crippen LogP contribution >= 0.6 is 0 Å². The molecule has 24 heavy (non-hydrogen) atoms. The molecule has 0 aliphatic heterocycles. The van der Waals surface area contributed by atoms with Crippen molar-refractivity contribution in [1.29, 1.82) is 0 Å². The van der Waals surface area contributed by atoms with Gasteiger partial charge in [0.05, 0.1) is 18.4 Å². The number of esters is 1. The second-order valence-electron chi connectivity index (χ2n) is 5.91. The minimum Gasteiger partial charge on any atom is -0.472 e. The minimum atomic E-state index is -0.623. The third-order valence-corrected chi connectivity index (χ3v) is 4.11. The molecule has 1 aliphatic carbocycles. The highest BCUT2D eigenvalue weighted by Gasteiger charge is 2.41. The summed E-state index contributed by atoms with van der Waals surface area (Å²) in [5.41, 5.74) is 1.46. The smallest absolute Gasteiger partial charge is 0.329 e. The molecule has 0 radical (unpaired) electrons. The third kappa shape index (κ3) is 3.67. The van der Waals surface area contributed by atoms with Crippen molar-refractivity contribution in [1.82, 2.24) is 4.90 Å². The largest absolute Gasteiger partial charge is 0.472 e. The number of benzene rings is 1. The lowest BCUT2D eigenvalue weighted by atomic mass is 10.0. The zero-order valence-electron chi connectivity index (χ0n) is 13.7. The molecule has 0 spiro atoms. The first kappa shape index (κ1) is 16.3. The molecule has 0 unspecified atom stereocenters. The number of rotatable bonds is 7. The van der Waals surface area contributed by atoms with Crippen LogP contribution in [-0.4, -0.2) is 35.5 Å². The summed E-state index contributed by atoms with van der Waals surface area (Å²) in [5, 5.41) is 0. The number of hydrogen-bond acceptors (Lipinski definition) is 4. The van der Waals surface area contributed by atoms with Gasteiger partial charge in [0.1, 0.15) is 12.3 Å². The van der Waals surface area contributed by atoms with Crippen LogP contribution in [0, 0.1) is 0 Å². The molecule has 0 bridgehead atoms. The SMILES string of the molecule is CCOC(=O)[C@H](Cc1ccccc1)N(C(=O)c1ccoc1)C1CC1. The first-order chi connectivity index (χ1) is 11.7. The molecular weight excluding hydrogens is 306 g/mol. The maximum atomic E-state index is 12.9. The summed E-state index contributed by atoms with van der Waals surface area (Å²) in [6.07, 6.45) is 5.15. The van der Waals surface area contributed by atoms with E-state index in [2.05, 4.69) is 0 Å². The van der Waals surface area contributed by atoms with Crippen molar-refractivity contribution < 1.29 is 18.7 Å². The Morgan fingerprint density at radius 3 is 2.58 bits per heavy atom. The van der Waals surface area contributed by atoms with Crippen molar-refractivity contribution >= 4 is 11.9 Å². The molecule has 0 saturated heterocycles. The molecule has 1 atom stereocenters. The van der Waals surface area contributed by atoms with E-state index in [1.54, 1.807) is 17.9 Å². The van der Waals surface area contributed by atoms with E-state index < -0.39 is 6.04 Å². The van der Waals surface area contributed by atoms with Gasteiger partial charge in [0.2, 0.25) is 0 Å². The summed E-state index contributed by atoms with van der Waals surface area (Å²) in [4.78, 5) is 27.1. The molecule has 1 aromatic heterocycles. The van der Waals surface area contributed by atoms with Gasteiger partial charge in [0.25, 0.3) is 5.91 Å². The maximum Gasteiger partial charge on any atom is 0.329 e. The fourth-order valence-electron chi connectivity index (χ4n) is 2.82. The van der Waals surface area contributed by atoms with Gasteiger partial charge < -0.3 is 14.1 Å². The average Bonchev–Trinajstić information content (AvgIpc) is 3.27. The Kier molecular flexibility index (Phi) is 4.99. The number of nitrogens with zero attached hydrogens (tertiary/aromatic N) is 1. The van der Waals surface area contributed by atoms with Crippen LogP contribution in [0.5, 0.6) is 0 Å². The number of carbonyl (C=O) groups excluding carboxylic acids is 2. The van der Waals surface area contributed by atoms with Crippen LogP contribution in [0.2, 0.25) is 0 Å². The zero-order valence-corrected chi connectivity index (χ0v) is 13.7. The highest BCUT2D eigenvalue weighted by atomic mass is 16.5. The third-order valence-electron chi connectivity index (χ3n) is 4.11. The second-order valence-corrected chi connectivity index (χ2v) is 5.91. The molecule has 1 fully saturated rings. The van der Waals surface area contributed by atoms with E-state index >= 15 is 0 Å². The van der Waals surface area contributed by atoms with Gasteiger partial charge in [-0.15, -0.1) is 0 Å². The lowest BCUT2D eigenvalue weighted by molar-refractivity contribution is -0.148. The molecule has 1 aliphatic rings. The first-order valence-electron chi connectivity index (χ1n) is 8.26. The fourth-order valence-corrected chi connectivity index (χ4v) is 2.82. The monoisotopic (exact) mass is 327 g/mol. The summed E-state index contributed by atoms with van der Waals surface area (Å²) in [6.45, 7) is 2.07. The van der Waals surface area contributed by atoms with Gasteiger partial charge in [0.15, 0.2) is 0 Å². The van der Waals surface area contributed by atoms with E-state index in [1.165, 1.54) is 12.5 Å². The zero-order chi connectivity index (χ0) is 16.9. The summed E-state index contributed by atoms with van der Waals surface area (Å²) in [6, 6.07) is 10.8. The summed E-state index contributed by atoms with van der Waals surface area (Å²) >= 11 is 0. The van der Waals surface area contributed by atoms with Crippen molar-refractivity contribution in [2.24, 2.45) is 0 Å². The molecule has 1 aromatic carbocycles. The Hall–Kier alpha value is -2.56. The predicted octanol–water partition coefficient (Wildman–Crippen LogP) is 3.06. The van der Waals surface area contributed by atoms with Crippen LogP contribution in [-0.2, 0) is 16.0 Å². The number of carbonyl (C=O) groups is 2. The highest BCUT2D eigenvalue weighted by Crippen LogP contribution is 2.31. The van der Waals surface area contributed by atoms with E-state index in [9.17, 15) is 9.59 Å². The molecule has 5 nitrogen and oxygen atoms in total. The lowest BCUT2D eigenvalue weighted by Crippen LogP contribution is -2.48. The number of furan rings is 1. The molecule has 2 aromatic rings. The molecule has 3 rings (SSSR count). The lowest BCUT2D eigenvalue weighted by Gasteiger charge is -2.30. The summed E-state index contributed by atoms with van der Waals surface area (Å²) < 4.78 is 10.3. The minimum absolute atomic E-state index is 0.0884. The Morgan fingerprint density at radius 1 is 1.25 bits per heavy atom. The van der Waals surface area contributed by atoms with Crippen LogP contribution in [0.25, 0.3) is 0 Å². The topological polar surface area (TPSA) is 59.8 Å². The van der Waals surface area contributed by atoms with Crippen LogP contribution in [0.1, 0.15) is 35.7 Å². The molecule has 126 valence electrons. The van der Waals surface area contributed by atoms with E-state index in [0.717, 1.165) is 18.4 Å². The van der Waals surface area contributed by atoms with Crippen LogP contribution in [0.3, 0.4) is 0 Å². The normalized spacial score (nSPS) is 14.9. The van der Waals surface area contributed by atoms with Gasteiger partial charge in [-0.1, -0.05) is 30.3 Å². The Labute approximate surface area is 141 Å². The van der Waals surface area contributed by atoms with Crippen LogP contribution in [0.4, 0.5) is 0 Å². The number of amides is 1. The van der Waals surface area contributed by atoms with E-state index in [4.69, 9.17) is 9.15 Å². The molecule has 1 saturated carbocycles. The van der Waals surface area contributed by atoms with Crippen molar-refractivity contribution in [3.63, 3.8) is 0 Å². The van der Waals surface area contributed by atoms with Crippen molar-refractivity contribution in [2.75, 3.05) is 6.61 Å². The average molecular weight is 327 g/mol. The Morgan fingerprint density at radius 2 is 2.00 bits per heavy atom. The number of ether oxygens (including phenoxy) is 1. The highest BCUT2D eigenvalue weighted by molar-refractivity contribution is 5.97. The van der Waals surface area contributed by atoms with E-state index in [0.29, 0.717) is 18.6 Å².